The molecule has 0 aliphatic rings. The van der Waals surface area contributed by atoms with Crippen LogP contribution in [0.5, 0.6) is 0 Å². The number of pyridine rings is 2. The highest BCUT2D eigenvalue weighted by Crippen LogP contribution is 2.20. The van der Waals surface area contributed by atoms with Crippen molar-refractivity contribution in [2.24, 2.45) is 0 Å². The summed E-state index contributed by atoms with van der Waals surface area (Å²) < 4.78 is 15.0. The van der Waals surface area contributed by atoms with Gasteiger partial charge in [-0.3, -0.25) is 4.79 Å². The van der Waals surface area contributed by atoms with Crippen molar-refractivity contribution in [3.63, 3.8) is 0 Å². The minimum Gasteiger partial charge on any atom is -0.339 e. The topological polar surface area (TPSA) is 63.6 Å². The van der Waals surface area contributed by atoms with Gasteiger partial charge < -0.3 is 4.98 Å². The highest BCUT2D eigenvalue weighted by molar-refractivity contribution is 5.92. The van der Waals surface area contributed by atoms with Gasteiger partial charge in [-0.15, -0.1) is 0 Å². The summed E-state index contributed by atoms with van der Waals surface area (Å²) in [5.74, 6) is 0.171. The average molecular weight is 294 g/mol. The Bertz CT molecular complexity index is 1070. The number of hydrogen-bond acceptors (Lipinski definition) is 3. The van der Waals surface area contributed by atoms with Gasteiger partial charge in [-0.25, -0.2) is 9.37 Å². The number of benzene rings is 1. The molecule has 0 unspecified atom stereocenters. The molecule has 0 spiro atoms. The Labute approximate surface area is 124 Å². The number of hydrogen-bond donors (Lipinski definition) is 1. The number of rotatable bonds is 1. The van der Waals surface area contributed by atoms with Gasteiger partial charge in [0.2, 0.25) is 5.43 Å². The minimum absolute atomic E-state index is 0.233. The zero-order valence-electron chi connectivity index (χ0n) is 11.7. The van der Waals surface area contributed by atoms with E-state index >= 15 is 0 Å². The quantitative estimate of drug-likeness (QED) is 0.587. The third kappa shape index (κ3) is 1.74. The van der Waals surface area contributed by atoms with E-state index in [9.17, 15) is 9.18 Å². The first-order valence-electron chi connectivity index (χ1n) is 6.77. The van der Waals surface area contributed by atoms with Crippen LogP contribution in [0, 0.1) is 12.7 Å². The van der Waals surface area contributed by atoms with Gasteiger partial charge in [-0.2, -0.15) is 9.78 Å². The molecule has 1 N–H and O–H groups in total. The monoisotopic (exact) mass is 294 g/mol. The maximum absolute atomic E-state index is 13.4. The Morgan fingerprint density at radius 2 is 2.09 bits per heavy atom. The number of H-pyrrole nitrogens is 1. The lowest BCUT2D eigenvalue weighted by Crippen LogP contribution is -2.06. The third-order valence-electron chi connectivity index (χ3n) is 3.63. The standard InChI is InChI=1S/C16H11FN4O/c1-9-14-15(22)11-8-10(17)5-6-12(11)19-16(14)21(20-9)13-4-2-3-7-18-13/h2-8H,1H3,(H,19,22). The SMILES string of the molecule is Cc1nn(-c2ccccn2)c2[nH]c3ccc(F)cc3c(=O)c12. The molecule has 0 amide bonds. The van der Waals surface area contributed by atoms with E-state index in [1.807, 2.05) is 12.1 Å². The van der Waals surface area contributed by atoms with Crippen LogP contribution in [-0.2, 0) is 0 Å². The van der Waals surface area contributed by atoms with E-state index in [2.05, 4.69) is 15.1 Å². The summed E-state index contributed by atoms with van der Waals surface area (Å²) in [5, 5.41) is 5.16. The summed E-state index contributed by atoms with van der Waals surface area (Å²) >= 11 is 0. The van der Waals surface area contributed by atoms with E-state index in [4.69, 9.17) is 0 Å². The van der Waals surface area contributed by atoms with Gasteiger partial charge in [0.25, 0.3) is 0 Å². The smallest absolute Gasteiger partial charge is 0.200 e. The van der Waals surface area contributed by atoms with Crippen LogP contribution in [0.15, 0.2) is 47.4 Å². The van der Waals surface area contributed by atoms with Crippen LogP contribution in [-0.4, -0.2) is 19.7 Å². The molecule has 0 aliphatic carbocycles. The molecular formula is C16H11FN4O. The number of aromatic amines is 1. The average Bonchev–Trinajstić information content (AvgIpc) is 2.86. The van der Waals surface area contributed by atoms with Crippen LogP contribution in [0.1, 0.15) is 5.69 Å². The molecule has 0 bridgehead atoms. The molecule has 22 heavy (non-hydrogen) atoms. The van der Waals surface area contributed by atoms with Crippen molar-refractivity contribution >= 4 is 21.9 Å². The second-order valence-corrected chi connectivity index (χ2v) is 5.05. The third-order valence-corrected chi connectivity index (χ3v) is 3.63. The van der Waals surface area contributed by atoms with Crippen LogP contribution in [0.25, 0.3) is 27.8 Å². The normalized spacial score (nSPS) is 11.4. The van der Waals surface area contributed by atoms with Crippen molar-refractivity contribution < 1.29 is 4.39 Å². The lowest BCUT2D eigenvalue weighted by Gasteiger charge is -2.03. The van der Waals surface area contributed by atoms with Crippen molar-refractivity contribution in [2.75, 3.05) is 0 Å². The fourth-order valence-corrected chi connectivity index (χ4v) is 2.63. The number of fused-ring (bicyclic) bond motifs is 2. The first kappa shape index (κ1) is 12.7. The zero-order chi connectivity index (χ0) is 15.3. The lowest BCUT2D eigenvalue weighted by atomic mass is 10.1. The Hall–Kier alpha value is -3.02. The summed E-state index contributed by atoms with van der Waals surface area (Å²) in [6, 6.07) is 9.57. The molecule has 4 rings (SSSR count). The fraction of sp³-hybridized carbons (Fsp3) is 0.0625. The summed E-state index contributed by atoms with van der Waals surface area (Å²) in [6.07, 6.45) is 1.66. The molecule has 1 aromatic carbocycles. The summed E-state index contributed by atoms with van der Waals surface area (Å²) in [5.41, 5.74) is 1.47. The van der Waals surface area contributed by atoms with Gasteiger partial charge >= 0.3 is 0 Å². The Kier molecular flexibility index (Phi) is 2.59. The van der Waals surface area contributed by atoms with Crippen molar-refractivity contribution in [1.82, 2.24) is 19.7 Å². The Morgan fingerprint density at radius 1 is 1.23 bits per heavy atom. The van der Waals surface area contributed by atoms with E-state index < -0.39 is 5.82 Å². The second-order valence-electron chi connectivity index (χ2n) is 5.05. The predicted molar refractivity (Wildman–Crippen MR) is 81.7 cm³/mol. The van der Waals surface area contributed by atoms with Crippen LogP contribution < -0.4 is 5.43 Å². The van der Waals surface area contributed by atoms with Gasteiger partial charge in [-0.1, -0.05) is 6.07 Å². The molecule has 0 fully saturated rings. The summed E-state index contributed by atoms with van der Waals surface area (Å²) in [4.78, 5) is 20.1. The van der Waals surface area contributed by atoms with Crippen molar-refractivity contribution in [1.29, 1.82) is 0 Å². The fourth-order valence-electron chi connectivity index (χ4n) is 2.63. The van der Waals surface area contributed by atoms with Gasteiger partial charge in [0.1, 0.15) is 11.5 Å². The second kappa shape index (κ2) is 4.49. The van der Waals surface area contributed by atoms with E-state index in [1.54, 1.807) is 29.9 Å². The molecule has 5 nitrogen and oxygen atoms in total. The number of aromatic nitrogens is 4. The van der Waals surface area contributed by atoms with Crippen molar-refractivity contribution in [3.05, 3.63) is 64.3 Å². The zero-order valence-corrected chi connectivity index (χ0v) is 11.7. The lowest BCUT2D eigenvalue weighted by molar-refractivity contribution is 0.629. The number of aryl methyl sites for hydroxylation is 1. The van der Waals surface area contributed by atoms with E-state index in [0.29, 0.717) is 33.4 Å². The summed E-state index contributed by atoms with van der Waals surface area (Å²) in [6.45, 7) is 1.75. The molecule has 0 atom stereocenters. The first-order valence-corrected chi connectivity index (χ1v) is 6.77. The molecule has 0 saturated carbocycles. The van der Waals surface area contributed by atoms with Crippen LogP contribution >= 0.6 is 0 Å². The van der Waals surface area contributed by atoms with Gasteiger partial charge in [0.05, 0.1) is 16.6 Å². The van der Waals surface area contributed by atoms with Crippen molar-refractivity contribution in [2.45, 2.75) is 6.92 Å². The Morgan fingerprint density at radius 3 is 2.86 bits per heavy atom. The van der Waals surface area contributed by atoms with Gasteiger partial charge in [-0.05, 0) is 37.3 Å². The molecular weight excluding hydrogens is 283 g/mol. The highest BCUT2D eigenvalue weighted by atomic mass is 19.1. The predicted octanol–water partition coefficient (Wildman–Crippen LogP) is 2.71. The Balaban J connectivity index is 2.17. The van der Waals surface area contributed by atoms with Crippen LogP contribution in [0.4, 0.5) is 4.39 Å². The van der Waals surface area contributed by atoms with Crippen molar-refractivity contribution in [3.8, 4) is 5.82 Å². The molecule has 108 valence electrons. The first-order chi connectivity index (χ1) is 10.6. The minimum atomic E-state index is -0.438. The largest absolute Gasteiger partial charge is 0.339 e. The summed E-state index contributed by atoms with van der Waals surface area (Å²) in [7, 11) is 0. The van der Waals surface area contributed by atoms with E-state index in [0.717, 1.165) is 0 Å². The van der Waals surface area contributed by atoms with Gasteiger partial charge in [0.15, 0.2) is 5.82 Å². The molecule has 4 aromatic rings. The highest BCUT2D eigenvalue weighted by Gasteiger charge is 2.16. The molecule has 3 aromatic heterocycles. The molecule has 0 radical (unpaired) electrons. The number of nitrogens with zero attached hydrogens (tertiary/aromatic N) is 3. The number of halogens is 1. The molecule has 3 heterocycles. The van der Waals surface area contributed by atoms with Crippen LogP contribution in [0.3, 0.4) is 0 Å². The maximum atomic E-state index is 13.4. The van der Waals surface area contributed by atoms with Crippen LogP contribution in [0.2, 0.25) is 0 Å². The number of nitrogens with one attached hydrogen (secondary N) is 1. The molecule has 0 aliphatic heterocycles. The maximum Gasteiger partial charge on any atom is 0.200 e. The van der Waals surface area contributed by atoms with E-state index in [-0.39, 0.29) is 5.43 Å². The molecule has 0 saturated heterocycles. The molecule has 6 heteroatoms. The van der Waals surface area contributed by atoms with Gasteiger partial charge in [0, 0.05) is 11.6 Å². The van der Waals surface area contributed by atoms with E-state index in [1.165, 1.54) is 12.1 Å².